The van der Waals surface area contributed by atoms with E-state index < -0.39 is 0 Å². The zero-order chi connectivity index (χ0) is 16.2. The molecule has 1 aromatic rings. The van der Waals surface area contributed by atoms with Crippen molar-refractivity contribution < 1.29 is 9.53 Å². The summed E-state index contributed by atoms with van der Waals surface area (Å²) < 4.78 is 5.78. The van der Waals surface area contributed by atoms with E-state index in [-0.39, 0.29) is 5.91 Å². The van der Waals surface area contributed by atoms with Gasteiger partial charge in [0, 0.05) is 11.4 Å². The lowest BCUT2D eigenvalue weighted by atomic mass is 10.2. The molecule has 0 bridgehead atoms. The van der Waals surface area contributed by atoms with Crippen LogP contribution in [0.3, 0.4) is 0 Å². The molecular weight excluding hydrogens is 308 g/mol. The van der Waals surface area contributed by atoms with Crippen molar-refractivity contribution in [2.75, 3.05) is 12.8 Å². The number of amides is 1. The van der Waals surface area contributed by atoms with E-state index in [1.54, 1.807) is 22.7 Å². The molecule has 1 saturated heterocycles. The number of benzene rings is 1. The Morgan fingerprint density at radius 3 is 2.61 bits per heavy atom. The van der Waals surface area contributed by atoms with Gasteiger partial charge in [0.05, 0.1) is 6.04 Å². The normalized spacial score (nSPS) is 22.3. The molecule has 4 nitrogen and oxygen atoms in total. The Bertz CT molecular complexity index is 631. The van der Waals surface area contributed by atoms with Crippen LogP contribution in [0, 0.1) is 0 Å². The van der Waals surface area contributed by atoms with Crippen LogP contribution in [0.25, 0.3) is 6.08 Å². The third-order valence-electron chi connectivity index (χ3n) is 4.24. The monoisotopic (exact) mass is 330 g/mol. The summed E-state index contributed by atoms with van der Waals surface area (Å²) in [6.45, 7) is 2.52. The summed E-state index contributed by atoms with van der Waals surface area (Å²) in [6.07, 6.45) is 8.45. The second-order valence-corrected chi connectivity index (χ2v) is 6.66. The van der Waals surface area contributed by atoms with Gasteiger partial charge in [-0.1, -0.05) is 25.0 Å². The molecule has 2 fully saturated rings. The Morgan fingerprint density at radius 2 is 2.00 bits per heavy atom. The molecule has 1 aliphatic carbocycles. The van der Waals surface area contributed by atoms with Gasteiger partial charge in [0.15, 0.2) is 5.76 Å². The van der Waals surface area contributed by atoms with Gasteiger partial charge in [0.25, 0.3) is 5.91 Å². The van der Waals surface area contributed by atoms with Gasteiger partial charge in [0.2, 0.25) is 0 Å². The van der Waals surface area contributed by atoms with Gasteiger partial charge in [-0.25, -0.2) is 4.99 Å². The standard InChI is InChI=1S/C18H22N2O2S/c1-3-20-17(21)16(12-13-8-10-15(23-2)11-9-13)22-18(20)19-14-6-4-5-7-14/h8-12,14H,3-7H2,1-2H3/b16-12+,19-18+. The summed E-state index contributed by atoms with van der Waals surface area (Å²) in [4.78, 5) is 20.0. The van der Waals surface area contributed by atoms with E-state index in [2.05, 4.69) is 4.99 Å². The second-order valence-electron chi connectivity index (χ2n) is 5.78. The lowest BCUT2D eigenvalue weighted by Gasteiger charge is -2.11. The van der Waals surface area contributed by atoms with Crippen molar-refractivity contribution >= 4 is 29.8 Å². The van der Waals surface area contributed by atoms with Crippen molar-refractivity contribution in [3.8, 4) is 0 Å². The van der Waals surface area contributed by atoms with Gasteiger partial charge in [-0.2, -0.15) is 0 Å². The van der Waals surface area contributed by atoms with E-state index >= 15 is 0 Å². The van der Waals surface area contributed by atoms with Crippen molar-refractivity contribution in [1.82, 2.24) is 4.90 Å². The van der Waals surface area contributed by atoms with Gasteiger partial charge in [-0.05, 0) is 49.8 Å². The zero-order valence-electron chi connectivity index (χ0n) is 13.6. The Balaban J connectivity index is 1.82. The molecule has 122 valence electrons. The maximum Gasteiger partial charge on any atom is 0.300 e. The number of carbonyl (C=O) groups excluding carboxylic acids is 1. The van der Waals surface area contributed by atoms with Gasteiger partial charge in [0.1, 0.15) is 0 Å². The highest BCUT2D eigenvalue weighted by Gasteiger charge is 2.34. The van der Waals surface area contributed by atoms with E-state index in [1.165, 1.54) is 17.7 Å². The largest absolute Gasteiger partial charge is 0.420 e. The predicted molar refractivity (Wildman–Crippen MR) is 94.4 cm³/mol. The summed E-state index contributed by atoms with van der Waals surface area (Å²) in [6, 6.07) is 8.85. The third kappa shape index (κ3) is 3.61. The van der Waals surface area contributed by atoms with Crippen LogP contribution in [0.4, 0.5) is 0 Å². The highest BCUT2D eigenvalue weighted by atomic mass is 32.2. The number of likely N-dealkylation sites (N-methyl/N-ethyl adjacent to an activating group) is 1. The fourth-order valence-corrected chi connectivity index (χ4v) is 3.33. The molecule has 0 spiro atoms. The van der Waals surface area contributed by atoms with E-state index in [0.29, 0.717) is 24.4 Å². The summed E-state index contributed by atoms with van der Waals surface area (Å²) >= 11 is 1.70. The lowest BCUT2D eigenvalue weighted by Crippen LogP contribution is -2.30. The first-order chi connectivity index (χ1) is 11.2. The van der Waals surface area contributed by atoms with Crippen molar-refractivity contribution in [1.29, 1.82) is 0 Å². The third-order valence-corrected chi connectivity index (χ3v) is 4.98. The summed E-state index contributed by atoms with van der Waals surface area (Å²) in [5.41, 5.74) is 0.962. The van der Waals surface area contributed by atoms with E-state index in [9.17, 15) is 4.79 Å². The Kier molecular flexibility index (Phi) is 5.06. The molecule has 1 saturated carbocycles. The summed E-state index contributed by atoms with van der Waals surface area (Å²) in [5, 5.41) is 0. The van der Waals surface area contributed by atoms with Crippen LogP contribution in [0.1, 0.15) is 38.2 Å². The number of thioether (sulfide) groups is 1. The van der Waals surface area contributed by atoms with Gasteiger partial charge in [-0.3, -0.25) is 9.69 Å². The molecule has 0 unspecified atom stereocenters. The van der Waals surface area contributed by atoms with Crippen molar-refractivity contribution in [3.05, 3.63) is 35.6 Å². The van der Waals surface area contributed by atoms with Gasteiger partial charge >= 0.3 is 6.02 Å². The van der Waals surface area contributed by atoms with Gasteiger partial charge < -0.3 is 4.74 Å². The molecule has 1 aliphatic heterocycles. The molecule has 1 amide bonds. The van der Waals surface area contributed by atoms with Crippen LogP contribution in [-0.4, -0.2) is 35.7 Å². The maximum atomic E-state index is 12.5. The first kappa shape index (κ1) is 16.1. The molecule has 0 radical (unpaired) electrons. The minimum Gasteiger partial charge on any atom is -0.420 e. The number of aliphatic imine (C=N–C) groups is 1. The highest BCUT2D eigenvalue weighted by molar-refractivity contribution is 7.98. The van der Waals surface area contributed by atoms with Crippen LogP contribution < -0.4 is 0 Å². The molecule has 1 aromatic carbocycles. The molecule has 2 aliphatic rings. The maximum absolute atomic E-state index is 12.5. The minimum absolute atomic E-state index is 0.0989. The number of nitrogens with zero attached hydrogens (tertiary/aromatic N) is 2. The summed E-state index contributed by atoms with van der Waals surface area (Å²) in [7, 11) is 0. The van der Waals surface area contributed by atoms with Crippen molar-refractivity contribution in [2.45, 2.75) is 43.5 Å². The smallest absolute Gasteiger partial charge is 0.300 e. The van der Waals surface area contributed by atoms with Crippen LogP contribution in [0.2, 0.25) is 0 Å². The lowest BCUT2D eigenvalue weighted by molar-refractivity contribution is -0.122. The number of rotatable bonds is 4. The molecule has 23 heavy (non-hydrogen) atoms. The van der Waals surface area contributed by atoms with Crippen molar-refractivity contribution in [3.63, 3.8) is 0 Å². The molecule has 3 rings (SSSR count). The molecule has 0 atom stereocenters. The SMILES string of the molecule is CCN1C(=O)/C(=C\c2ccc(SC)cc2)O/C1=N/C1CCCC1. The first-order valence-electron chi connectivity index (χ1n) is 8.14. The van der Waals surface area contributed by atoms with Crippen LogP contribution in [0.5, 0.6) is 0 Å². The molecular formula is C18H22N2O2S. The molecule has 1 heterocycles. The fraction of sp³-hybridized carbons (Fsp3) is 0.444. The average molecular weight is 330 g/mol. The van der Waals surface area contributed by atoms with E-state index in [1.807, 2.05) is 37.4 Å². The second kappa shape index (κ2) is 7.21. The quantitative estimate of drug-likeness (QED) is 0.620. The molecule has 0 aromatic heterocycles. The Labute approximate surface area is 141 Å². The van der Waals surface area contributed by atoms with E-state index in [4.69, 9.17) is 4.74 Å². The molecule has 0 N–H and O–H groups in total. The zero-order valence-corrected chi connectivity index (χ0v) is 14.4. The number of hydrogen-bond acceptors (Lipinski definition) is 4. The number of amidine groups is 1. The number of ether oxygens (including phenoxy) is 1. The Morgan fingerprint density at radius 1 is 1.30 bits per heavy atom. The minimum atomic E-state index is -0.0989. The van der Waals surface area contributed by atoms with Gasteiger partial charge in [-0.15, -0.1) is 11.8 Å². The Hall–Kier alpha value is -1.75. The van der Waals surface area contributed by atoms with Crippen LogP contribution in [0.15, 0.2) is 39.9 Å². The van der Waals surface area contributed by atoms with E-state index in [0.717, 1.165) is 18.4 Å². The van der Waals surface area contributed by atoms with Crippen LogP contribution in [-0.2, 0) is 9.53 Å². The first-order valence-corrected chi connectivity index (χ1v) is 9.37. The number of carbonyl (C=O) groups is 1. The summed E-state index contributed by atoms with van der Waals surface area (Å²) in [5.74, 6) is 0.263. The van der Waals surface area contributed by atoms with Crippen molar-refractivity contribution in [2.24, 2.45) is 4.99 Å². The average Bonchev–Trinajstić information content (AvgIpc) is 3.17. The topological polar surface area (TPSA) is 41.9 Å². The predicted octanol–water partition coefficient (Wildman–Crippen LogP) is 3.93. The fourth-order valence-electron chi connectivity index (χ4n) is 2.92. The highest BCUT2D eigenvalue weighted by Crippen LogP contribution is 2.25. The van der Waals surface area contributed by atoms with Crippen LogP contribution >= 0.6 is 11.8 Å². The molecule has 5 heteroatoms. The number of hydrogen-bond donors (Lipinski definition) is 0.